The summed E-state index contributed by atoms with van der Waals surface area (Å²) in [4.78, 5) is 26.1. The predicted molar refractivity (Wildman–Crippen MR) is 313 cm³/mol. The van der Waals surface area contributed by atoms with E-state index in [1.54, 1.807) is 50.2 Å². The van der Waals surface area contributed by atoms with Gasteiger partial charge >= 0.3 is 46.1 Å². The molecule has 0 aliphatic carbocycles. The van der Waals surface area contributed by atoms with E-state index in [0.717, 1.165) is 54.9 Å². The van der Waals surface area contributed by atoms with Crippen molar-refractivity contribution in [1.82, 2.24) is 19.6 Å². The SMILES string of the molecule is C1CCOC1.C[CH-]C.Cc1nn(Cc2ccccc2)c(=O)c(-c2c(F)cccc2F)c1-c1ccccc1.Cc1nn(Cc2ccccc2)c(=O)c(S(C)(=O)=O)c1-c1ccccc1.Fc1[c-]c(F)ccc1.Fc1cccc(F)c1Br.[Cl-].[Cl-].[Mg+2].[Mg+2]. The monoisotopic (exact) mass is 1280 g/mol. The number of aromatic nitrogens is 4. The summed E-state index contributed by atoms with van der Waals surface area (Å²) in [7, 11) is -3.72. The second kappa shape index (κ2) is 38.4. The van der Waals surface area contributed by atoms with Gasteiger partial charge in [0.2, 0.25) is 0 Å². The summed E-state index contributed by atoms with van der Waals surface area (Å²) in [6.07, 6.45) is 5.61. The first-order chi connectivity index (χ1) is 37.9. The molecular weight excluding hydrogens is 1230 g/mol. The molecule has 9 nitrogen and oxygen atoms in total. The van der Waals surface area contributed by atoms with Gasteiger partial charge in [-0.2, -0.15) is 30.1 Å². The van der Waals surface area contributed by atoms with E-state index in [0.29, 0.717) is 33.6 Å². The van der Waals surface area contributed by atoms with Crippen molar-refractivity contribution >= 4 is 71.9 Å². The number of rotatable bonds is 8. The smallest absolute Gasteiger partial charge is 1.00 e. The summed E-state index contributed by atoms with van der Waals surface area (Å²) in [6.45, 7) is 9.89. The summed E-state index contributed by atoms with van der Waals surface area (Å²) in [5, 5.41) is 8.81. The van der Waals surface area contributed by atoms with E-state index >= 15 is 0 Å². The first-order valence-electron chi connectivity index (χ1n) is 24.7. The van der Waals surface area contributed by atoms with Crippen LogP contribution in [-0.2, 0) is 27.7 Å². The van der Waals surface area contributed by atoms with Gasteiger partial charge in [0.1, 0.15) is 28.2 Å². The molecule has 0 spiro atoms. The fraction of sp³-hybridized carbons (Fsp3) is 0.177. The third-order valence-electron chi connectivity index (χ3n) is 11.1. The van der Waals surface area contributed by atoms with E-state index in [2.05, 4.69) is 26.1 Å². The molecule has 428 valence electrons. The van der Waals surface area contributed by atoms with Crippen molar-refractivity contribution in [2.75, 3.05) is 19.5 Å². The third-order valence-corrected chi connectivity index (χ3v) is 13.0. The Morgan fingerprint density at radius 2 is 0.867 bits per heavy atom. The number of hydrogen-bond donors (Lipinski definition) is 0. The second-order valence-corrected chi connectivity index (χ2v) is 20.1. The van der Waals surface area contributed by atoms with E-state index in [1.165, 1.54) is 52.5 Å². The quantitative estimate of drug-likeness (QED) is 0.0666. The van der Waals surface area contributed by atoms with Crippen molar-refractivity contribution in [3.63, 3.8) is 0 Å². The fourth-order valence-electron chi connectivity index (χ4n) is 7.70. The Morgan fingerprint density at radius 1 is 0.518 bits per heavy atom. The van der Waals surface area contributed by atoms with Crippen molar-refractivity contribution in [2.45, 2.75) is 58.5 Å². The molecule has 1 aliphatic heterocycles. The average Bonchev–Trinajstić information content (AvgIpc) is 4.17. The van der Waals surface area contributed by atoms with Crippen LogP contribution in [0.3, 0.4) is 0 Å². The van der Waals surface area contributed by atoms with Crippen LogP contribution in [-0.4, -0.2) is 93.6 Å². The Balaban J connectivity index is 0.000000571. The van der Waals surface area contributed by atoms with Gasteiger partial charge in [0.25, 0.3) is 11.1 Å². The molecule has 3 heterocycles. The maximum Gasteiger partial charge on any atom is 2.00 e. The number of benzene rings is 7. The fourth-order valence-corrected chi connectivity index (χ4v) is 9.03. The van der Waals surface area contributed by atoms with Crippen LogP contribution >= 0.6 is 15.9 Å². The largest absolute Gasteiger partial charge is 2.00 e. The van der Waals surface area contributed by atoms with Crippen LogP contribution in [0.5, 0.6) is 0 Å². The Labute approximate surface area is 533 Å². The van der Waals surface area contributed by atoms with Crippen molar-refractivity contribution in [3.05, 3.63) is 271 Å². The number of ether oxygens (including phenoxy) is 1. The summed E-state index contributed by atoms with van der Waals surface area (Å²) in [5.74, 6) is -4.03. The zero-order chi connectivity index (χ0) is 57.5. The van der Waals surface area contributed by atoms with Gasteiger partial charge in [0.15, 0.2) is 9.84 Å². The molecule has 0 radical (unpaired) electrons. The summed E-state index contributed by atoms with van der Waals surface area (Å²) in [5.41, 5.74) is 3.43. The van der Waals surface area contributed by atoms with Crippen LogP contribution in [0.1, 0.15) is 49.2 Å². The van der Waals surface area contributed by atoms with Gasteiger partial charge in [0, 0.05) is 42.2 Å². The van der Waals surface area contributed by atoms with Crippen molar-refractivity contribution in [2.24, 2.45) is 0 Å². The molecule has 21 heteroatoms. The van der Waals surface area contributed by atoms with Crippen LogP contribution in [0.2, 0.25) is 0 Å². The average molecular weight is 1280 g/mol. The second-order valence-electron chi connectivity index (χ2n) is 17.4. The Bertz CT molecular complexity index is 3570. The van der Waals surface area contributed by atoms with Crippen molar-refractivity contribution in [3.8, 4) is 33.4 Å². The number of sulfone groups is 1. The molecule has 83 heavy (non-hydrogen) atoms. The van der Waals surface area contributed by atoms with E-state index in [-0.39, 0.29) is 105 Å². The minimum absolute atomic E-state index is 0. The van der Waals surface area contributed by atoms with Crippen LogP contribution in [0.15, 0.2) is 195 Å². The maximum atomic E-state index is 14.7. The van der Waals surface area contributed by atoms with Gasteiger partial charge < -0.3 is 36.0 Å². The topological polar surface area (TPSA) is 113 Å². The number of halogens is 9. The number of nitrogens with zero attached hydrogens (tertiary/aromatic N) is 4. The molecule has 0 saturated carbocycles. The van der Waals surface area contributed by atoms with Gasteiger partial charge in [-0.3, -0.25) is 9.59 Å². The molecule has 0 unspecified atom stereocenters. The molecule has 10 rings (SSSR count). The van der Waals surface area contributed by atoms with E-state index in [4.69, 9.17) is 4.74 Å². The Hall–Kier alpha value is -5.62. The normalized spacial score (nSPS) is 10.8. The van der Waals surface area contributed by atoms with Gasteiger partial charge in [-0.25, -0.2) is 44.1 Å². The summed E-state index contributed by atoms with van der Waals surface area (Å²) in [6, 6.07) is 49.5. The van der Waals surface area contributed by atoms with E-state index < -0.39 is 55.9 Å². The van der Waals surface area contributed by atoms with Crippen LogP contribution in [0.4, 0.5) is 26.3 Å². The molecule has 1 saturated heterocycles. The van der Waals surface area contributed by atoms with Gasteiger partial charge in [-0.1, -0.05) is 133 Å². The molecule has 0 amide bonds. The molecule has 0 bridgehead atoms. The molecule has 0 atom stereocenters. The number of hydrogen-bond acceptors (Lipinski definition) is 7. The van der Waals surface area contributed by atoms with Crippen LogP contribution < -0.4 is 35.9 Å². The van der Waals surface area contributed by atoms with Gasteiger partial charge in [0.05, 0.1) is 40.1 Å². The van der Waals surface area contributed by atoms with Gasteiger partial charge in [-0.05, 0) is 89.1 Å². The first kappa shape index (κ1) is 75.4. The predicted octanol–water partition coefficient (Wildman–Crippen LogP) is 7.65. The molecule has 7 aromatic carbocycles. The van der Waals surface area contributed by atoms with Crippen molar-refractivity contribution in [1.29, 1.82) is 0 Å². The van der Waals surface area contributed by atoms with Crippen molar-refractivity contribution < 1.29 is 64.3 Å². The standard InChI is InChI=1S/C24H18F2N2O.C19H18N2O3S.C6H3BrF2.C6H3F2.C4H8O.C3H7.2ClH.2Mg/c1-16-21(18-11-6-3-7-12-18)23(22-19(25)13-8-14-20(22)26)24(29)28(27-16)15-17-9-4-2-5-10-17;1-14-17(16-11-7-4-8-12-16)18(25(2,23)24)19(22)21(20-14)13-15-9-5-3-6-10-15;7-6-4(8)2-1-3-5(6)9;7-5-2-1-3-6(8)4-5;1-2-4-5-3-1;1-3-2;;;;/h2-14H,15H2,1H3;3-12H,13H2,1-2H3;1-3H;1-3H;1-4H2;3H,1-2H3;2*1H;;/q;;;-1;;-1;;;2*+2/p-2. The molecule has 9 aromatic rings. The van der Waals surface area contributed by atoms with Crippen LogP contribution in [0.25, 0.3) is 33.4 Å². The zero-order valence-corrected chi connectivity index (χ0v) is 52.9. The van der Waals surface area contributed by atoms with E-state index in [1.807, 2.05) is 111 Å². The molecule has 1 aliphatic rings. The minimum atomic E-state index is -3.72. The Kier molecular flexibility index (Phi) is 34.8. The van der Waals surface area contributed by atoms with Gasteiger partial charge in [-0.15, -0.1) is 18.2 Å². The maximum absolute atomic E-state index is 14.7. The van der Waals surface area contributed by atoms with E-state index in [9.17, 15) is 44.3 Å². The van der Waals surface area contributed by atoms with Crippen LogP contribution in [0, 0.1) is 61.2 Å². The molecular formula is C62H57BrCl2F6Mg2N4O5S. The minimum Gasteiger partial charge on any atom is -1.00 e. The molecule has 0 N–H and O–H groups in total. The summed E-state index contributed by atoms with van der Waals surface area (Å²) >= 11 is 2.73. The number of aryl methyl sites for hydroxylation is 2. The Morgan fingerprint density at radius 3 is 1.22 bits per heavy atom. The molecule has 1 fully saturated rings. The molecule has 2 aromatic heterocycles. The third kappa shape index (κ3) is 23.1. The first-order valence-corrected chi connectivity index (χ1v) is 27.4. The zero-order valence-electron chi connectivity index (χ0n) is 46.1. The summed E-state index contributed by atoms with van der Waals surface area (Å²) < 4.78 is 110.